The van der Waals surface area contributed by atoms with E-state index < -0.39 is 0 Å². The maximum absolute atomic E-state index is 13.1. The molecule has 2 unspecified atom stereocenters. The second-order valence-corrected chi connectivity index (χ2v) is 5.57. The van der Waals surface area contributed by atoms with Crippen LogP contribution in [0.4, 0.5) is 4.39 Å². The summed E-state index contributed by atoms with van der Waals surface area (Å²) in [4.78, 5) is 6.52. The average Bonchev–Trinajstić information content (AvgIpc) is 2.89. The van der Waals surface area contributed by atoms with Crippen LogP contribution in [-0.2, 0) is 6.54 Å². The van der Waals surface area contributed by atoms with E-state index >= 15 is 0 Å². The van der Waals surface area contributed by atoms with Crippen molar-refractivity contribution in [1.82, 2.24) is 9.88 Å². The van der Waals surface area contributed by atoms with Crippen LogP contribution in [0.2, 0.25) is 0 Å². The van der Waals surface area contributed by atoms with E-state index in [1.807, 2.05) is 6.07 Å². The lowest BCUT2D eigenvalue weighted by Crippen LogP contribution is -2.24. The van der Waals surface area contributed by atoms with Crippen molar-refractivity contribution in [3.63, 3.8) is 0 Å². The van der Waals surface area contributed by atoms with Gasteiger partial charge in [0.2, 0.25) is 0 Å². The zero-order valence-electron chi connectivity index (χ0n) is 12.4. The molecule has 0 aliphatic carbocycles. The van der Waals surface area contributed by atoms with Crippen molar-refractivity contribution < 1.29 is 14.2 Å². The van der Waals surface area contributed by atoms with Gasteiger partial charge in [-0.05, 0) is 30.2 Å². The maximum Gasteiger partial charge on any atom is 0.123 e. The summed E-state index contributed by atoms with van der Waals surface area (Å²) >= 11 is 0. The van der Waals surface area contributed by atoms with Gasteiger partial charge < -0.3 is 9.84 Å². The molecule has 0 spiro atoms. The van der Waals surface area contributed by atoms with Crippen LogP contribution in [0.15, 0.2) is 42.6 Å². The summed E-state index contributed by atoms with van der Waals surface area (Å²) in [7, 11) is 1.63. The predicted molar refractivity (Wildman–Crippen MR) is 81.0 cm³/mol. The summed E-state index contributed by atoms with van der Waals surface area (Å²) in [6, 6.07) is 10.3. The van der Waals surface area contributed by atoms with Gasteiger partial charge in [0.25, 0.3) is 0 Å². The highest BCUT2D eigenvalue weighted by Gasteiger charge is 2.32. The van der Waals surface area contributed by atoms with Crippen LogP contribution in [0.25, 0.3) is 0 Å². The van der Waals surface area contributed by atoms with Crippen molar-refractivity contribution >= 4 is 0 Å². The Bertz CT molecular complexity index is 633. The Balaban J connectivity index is 1.79. The number of aliphatic hydroxyl groups is 1. The van der Waals surface area contributed by atoms with Crippen molar-refractivity contribution in [2.75, 3.05) is 13.7 Å². The Kier molecular flexibility index (Phi) is 4.36. The Morgan fingerprint density at radius 3 is 2.82 bits per heavy atom. The summed E-state index contributed by atoms with van der Waals surface area (Å²) in [6.45, 7) is 1.21. The smallest absolute Gasteiger partial charge is 0.123 e. The first-order valence-electron chi connectivity index (χ1n) is 7.32. The molecule has 1 aromatic carbocycles. The fourth-order valence-electron chi connectivity index (χ4n) is 2.96. The van der Waals surface area contributed by atoms with Crippen LogP contribution in [0.3, 0.4) is 0 Å². The lowest BCUT2D eigenvalue weighted by Gasteiger charge is -2.24. The summed E-state index contributed by atoms with van der Waals surface area (Å²) in [6.07, 6.45) is 1.99. The summed E-state index contributed by atoms with van der Waals surface area (Å²) in [5.74, 6) is 0.520. The van der Waals surface area contributed by atoms with E-state index in [9.17, 15) is 9.50 Å². The monoisotopic (exact) mass is 302 g/mol. The van der Waals surface area contributed by atoms with Crippen LogP contribution >= 0.6 is 0 Å². The molecule has 5 heteroatoms. The van der Waals surface area contributed by atoms with Gasteiger partial charge in [0, 0.05) is 31.4 Å². The van der Waals surface area contributed by atoms with Crippen LogP contribution in [-0.4, -0.2) is 34.7 Å². The molecule has 1 fully saturated rings. The molecule has 0 amide bonds. The number of methoxy groups -OCH3 is 1. The number of pyridine rings is 1. The fraction of sp³-hybridized carbons (Fsp3) is 0.353. The zero-order chi connectivity index (χ0) is 15.5. The minimum atomic E-state index is -0.374. The number of hydrogen-bond donors (Lipinski definition) is 1. The summed E-state index contributed by atoms with van der Waals surface area (Å²) < 4.78 is 18.3. The molecule has 22 heavy (non-hydrogen) atoms. The summed E-state index contributed by atoms with van der Waals surface area (Å²) in [5, 5.41) is 10.0. The van der Waals surface area contributed by atoms with Crippen molar-refractivity contribution in [2.45, 2.75) is 25.1 Å². The Labute approximate surface area is 129 Å². The number of β-amino-alcohol motifs (C(OH)–C–C–N with tert-alkyl or cyclic N) is 1. The van der Waals surface area contributed by atoms with E-state index in [0.717, 1.165) is 17.0 Å². The lowest BCUT2D eigenvalue weighted by molar-refractivity contribution is 0.172. The quantitative estimate of drug-likeness (QED) is 0.943. The van der Waals surface area contributed by atoms with E-state index in [0.29, 0.717) is 19.5 Å². The number of nitrogens with zero attached hydrogens (tertiary/aromatic N) is 2. The number of ether oxygens (including phenoxy) is 1. The molecular formula is C17H19FN2O2. The third kappa shape index (κ3) is 3.26. The number of rotatable bonds is 4. The van der Waals surface area contributed by atoms with E-state index in [4.69, 9.17) is 4.74 Å². The molecule has 1 aliphatic heterocycles. The largest absolute Gasteiger partial charge is 0.497 e. The van der Waals surface area contributed by atoms with Gasteiger partial charge in [-0.15, -0.1) is 0 Å². The molecule has 1 N–H and O–H groups in total. The number of aliphatic hydroxyl groups excluding tert-OH is 1. The molecule has 1 aromatic heterocycles. The molecule has 2 atom stereocenters. The second-order valence-electron chi connectivity index (χ2n) is 5.57. The first-order chi connectivity index (χ1) is 10.7. The lowest BCUT2D eigenvalue weighted by atomic mass is 10.0. The molecule has 2 aromatic rings. The number of likely N-dealkylation sites (tertiary alicyclic amines) is 1. The van der Waals surface area contributed by atoms with Gasteiger partial charge in [-0.25, -0.2) is 4.39 Å². The van der Waals surface area contributed by atoms with Crippen LogP contribution in [0.1, 0.15) is 23.7 Å². The second kappa shape index (κ2) is 6.42. The van der Waals surface area contributed by atoms with Crippen LogP contribution in [0, 0.1) is 5.82 Å². The molecule has 4 nitrogen and oxygen atoms in total. The van der Waals surface area contributed by atoms with Crippen molar-refractivity contribution in [3.8, 4) is 5.75 Å². The molecule has 2 heterocycles. The van der Waals surface area contributed by atoms with Crippen LogP contribution in [0.5, 0.6) is 5.75 Å². The van der Waals surface area contributed by atoms with E-state index in [2.05, 4.69) is 9.88 Å². The normalized spacial score (nSPS) is 22.0. The number of benzene rings is 1. The first-order valence-corrected chi connectivity index (χ1v) is 7.32. The molecule has 0 bridgehead atoms. The average molecular weight is 302 g/mol. The Morgan fingerprint density at radius 2 is 2.09 bits per heavy atom. The highest BCUT2D eigenvalue weighted by molar-refractivity contribution is 5.24. The maximum atomic E-state index is 13.1. The van der Waals surface area contributed by atoms with Gasteiger partial charge >= 0.3 is 0 Å². The Morgan fingerprint density at radius 1 is 1.32 bits per heavy atom. The SMILES string of the molecule is COc1ccnc(CN2CC(O)CC2c2ccc(F)cc2)c1. The van der Waals surface area contributed by atoms with Gasteiger partial charge in [0.15, 0.2) is 0 Å². The van der Waals surface area contributed by atoms with Crippen molar-refractivity contribution in [1.29, 1.82) is 0 Å². The molecule has 1 aliphatic rings. The van der Waals surface area contributed by atoms with E-state index in [1.165, 1.54) is 12.1 Å². The van der Waals surface area contributed by atoms with Crippen molar-refractivity contribution in [2.24, 2.45) is 0 Å². The van der Waals surface area contributed by atoms with E-state index in [-0.39, 0.29) is 18.0 Å². The van der Waals surface area contributed by atoms with Gasteiger partial charge in [-0.1, -0.05) is 12.1 Å². The van der Waals surface area contributed by atoms with Gasteiger partial charge in [0.1, 0.15) is 11.6 Å². The third-order valence-corrected chi connectivity index (χ3v) is 4.02. The molecule has 1 saturated heterocycles. The van der Waals surface area contributed by atoms with Gasteiger partial charge in [0.05, 0.1) is 18.9 Å². The standard InChI is InChI=1S/C17H19FN2O2/c1-22-16-6-7-19-14(8-16)10-20-11-15(21)9-17(20)12-2-4-13(18)5-3-12/h2-8,15,17,21H,9-11H2,1H3. The van der Waals surface area contributed by atoms with E-state index in [1.54, 1.807) is 31.5 Å². The molecule has 0 saturated carbocycles. The fourth-order valence-corrected chi connectivity index (χ4v) is 2.96. The topological polar surface area (TPSA) is 45.6 Å². The van der Waals surface area contributed by atoms with Crippen molar-refractivity contribution in [3.05, 3.63) is 59.7 Å². The zero-order valence-corrected chi connectivity index (χ0v) is 12.4. The van der Waals surface area contributed by atoms with Gasteiger partial charge in [-0.2, -0.15) is 0 Å². The summed E-state index contributed by atoms with van der Waals surface area (Å²) in [5.41, 5.74) is 1.90. The molecule has 3 rings (SSSR count). The highest BCUT2D eigenvalue weighted by atomic mass is 19.1. The Hall–Kier alpha value is -1.98. The molecule has 116 valence electrons. The highest BCUT2D eigenvalue weighted by Crippen LogP contribution is 2.33. The molecule has 0 radical (unpaired) electrons. The van der Waals surface area contributed by atoms with Gasteiger partial charge in [-0.3, -0.25) is 9.88 Å². The minimum Gasteiger partial charge on any atom is -0.497 e. The number of aromatic nitrogens is 1. The number of halogens is 1. The first kappa shape index (κ1) is 14.9. The predicted octanol–water partition coefficient (Wildman–Crippen LogP) is 2.54. The minimum absolute atomic E-state index is 0.0728. The third-order valence-electron chi connectivity index (χ3n) is 4.02. The molecular weight excluding hydrogens is 283 g/mol. The van der Waals surface area contributed by atoms with Crippen LogP contribution < -0.4 is 4.74 Å². The number of hydrogen-bond acceptors (Lipinski definition) is 4.